The molecule has 0 radical (unpaired) electrons. The van der Waals surface area contributed by atoms with Crippen molar-refractivity contribution in [2.24, 2.45) is 28.6 Å². The van der Waals surface area contributed by atoms with E-state index in [1.54, 1.807) is 0 Å². The molecule has 0 bridgehead atoms. The highest BCUT2D eigenvalue weighted by atomic mass is 16.1. The minimum atomic E-state index is 0.279. The van der Waals surface area contributed by atoms with Gasteiger partial charge in [-0.15, -0.1) is 0 Å². The van der Waals surface area contributed by atoms with Gasteiger partial charge in [-0.05, 0) is 48.3 Å². The van der Waals surface area contributed by atoms with Crippen LogP contribution in [0.15, 0.2) is 0 Å². The fourth-order valence-corrected chi connectivity index (χ4v) is 4.83. The van der Waals surface area contributed by atoms with Gasteiger partial charge in [0.25, 0.3) is 0 Å². The van der Waals surface area contributed by atoms with Crippen LogP contribution in [0.25, 0.3) is 0 Å². The number of hydrogen-bond donors (Lipinski definition) is 0. The molecule has 1 heteroatoms. The molecular weight excluding hydrogens is 196 g/mol. The normalized spacial score (nSPS) is 47.1. The van der Waals surface area contributed by atoms with E-state index in [0.717, 1.165) is 5.92 Å². The Kier molecular flexibility index (Phi) is 2.92. The first-order valence-electron chi connectivity index (χ1n) is 6.87. The van der Waals surface area contributed by atoms with Gasteiger partial charge in [-0.2, -0.15) is 0 Å². The van der Waals surface area contributed by atoms with Crippen LogP contribution in [0.5, 0.6) is 0 Å². The zero-order valence-electron chi connectivity index (χ0n) is 11.3. The molecule has 0 aromatic heterocycles. The molecule has 0 unspecified atom stereocenters. The lowest BCUT2D eigenvalue weighted by Crippen LogP contribution is -2.51. The lowest BCUT2D eigenvalue weighted by atomic mass is 9.47. The summed E-state index contributed by atoms with van der Waals surface area (Å²) in [6.07, 6.45) is 7.74. The maximum Gasteiger partial charge on any atom is 0.123 e. The van der Waals surface area contributed by atoms with Gasteiger partial charge in [-0.3, -0.25) is 0 Å². The van der Waals surface area contributed by atoms with Crippen LogP contribution in [0.2, 0.25) is 0 Å². The van der Waals surface area contributed by atoms with Crippen molar-refractivity contribution in [3.05, 3.63) is 0 Å². The minimum absolute atomic E-state index is 0.279. The summed E-state index contributed by atoms with van der Waals surface area (Å²) in [7, 11) is 0. The molecule has 2 rings (SSSR count). The van der Waals surface area contributed by atoms with Crippen LogP contribution >= 0.6 is 0 Å². The van der Waals surface area contributed by atoms with E-state index in [1.807, 2.05) is 0 Å². The average molecular weight is 222 g/mol. The van der Waals surface area contributed by atoms with E-state index in [4.69, 9.17) is 0 Å². The molecule has 0 N–H and O–H groups in total. The number of fused-ring (bicyclic) bond motifs is 1. The predicted octanol–water partition coefficient (Wildman–Crippen LogP) is 4.06. The Labute approximate surface area is 100.0 Å². The van der Waals surface area contributed by atoms with E-state index >= 15 is 0 Å². The van der Waals surface area contributed by atoms with Crippen molar-refractivity contribution in [2.45, 2.75) is 59.8 Å². The number of hydrogen-bond acceptors (Lipinski definition) is 1. The first-order chi connectivity index (χ1) is 7.42. The molecule has 92 valence electrons. The van der Waals surface area contributed by atoms with Crippen molar-refractivity contribution >= 4 is 6.29 Å². The molecule has 0 spiro atoms. The summed E-state index contributed by atoms with van der Waals surface area (Å²) >= 11 is 0. The largest absolute Gasteiger partial charge is 0.303 e. The van der Waals surface area contributed by atoms with E-state index < -0.39 is 0 Å². The first kappa shape index (κ1) is 12.1. The molecule has 0 aliphatic heterocycles. The molecule has 0 aromatic carbocycles. The molecule has 0 heterocycles. The molecule has 2 aliphatic carbocycles. The van der Waals surface area contributed by atoms with E-state index in [2.05, 4.69) is 27.7 Å². The monoisotopic (exact) mass is 222 g/mol. The van der Waals surface area contributed by atoms with Crippen LogP contribution in [0.4, 0.5) is 0 Å². The molecule has 2 saturated carbocycles. The lowest BCUT2D eigenvalue weighted by molar-refractivity contribution is -0.133. The van der Waals surface area contributed by atoms with Crippen molar-refractivity contribution in [1.29, 1.82) is 0 Å². The summed E-state index contributed by atoms with van der Waals surface area (Å²) in [6, 6.07) is 0. The molecular formula is C15H26O. The molecule has 2 fully saturated rings. The molecule has 1 nitrogen and oxygen atoms in total. The molecule has 16 heavy (non-hydrogen) atoms. The van der Waals surface area contributed by atoms with Crippen LogP contribution in [-0.2, 0) is 4.79 Å². The number of aldehydes is 1. The maximum atomic E-state index is 11.4. The number of carbonyl (C=O) groups excluding carboxylic acids is 1. The zero-order valence-corrected chi connectivity index (χ0v) is 11.3. The second kappa shape index (κ2) is 3.85. The van der Waals surface area contributed by atoms with Crippen molar-refractivity contribution < 1.29 is 4.79 Å². The van der Waals surface area contributed by atoms with Gasteiger partial charge >= 0.3 is 0 Å². The Morgan fingerprint density at radius 3 is 2.44 bits per heavy atom. The third kappa shape index (κ3) is 1.63. The van der Waals surface area contributed by atoms with Crippen LogP contribution < -0.4 is 0 Å². The number of rotatable bonds is 1. The van der Waals surface area contributed by atoms with E-state index in [1.165, 1.54) is 38.4 Å². The second-order valence-corrected chi connectivity index (χ2v) is 7.12. The first-order valence-corrected chi connectivity index (χ1v) is 6.87. The Morgan fingerprint density at radius 1 is 1.12 bits per heavy atom. The fourth-order valence-electron chi connectivity index (χ4n) is 4.83. The van der Waals surface area contributed by atoms with E-state index in [-0.39, 0.29) is 5.41 Å². The van der Waals surface area contributed by atoms with Crippen molar-refractivity contribution in [3.63, 3.8) is 0 Å². The predicted molar refractivity (Wildman–Crippen MR) is 67.2 cm³/mol. The Hall–Kier alpha value is -0.330. The van der Waals surface area contributed by atoms with Gasteiger partial charge in [0.2, 0.25) is 0 Å². The van der Waals surface area contributed by atoms with Gasteiger partial charge in [0.05, 0.1) is 0 Å². The van der Waals surface area contributed by atoms with Gasteiger partial charge in [0.1, 0.15) is 6.29 Å². The zero-order chi connectivity index (χ0) is 12.0. The van der Waals surface area contributed by atoms with Crippen molar-refractivity contribution in [2.75, 3.05) is 0 Å². The van der Waals surface area contributed by atoms with Crippen LogP contribution in [-0.4, -0.2) is 6.29 Å². The lowest BCUT2D eigenvalue weighted by Gasteiger charge is -2.57. The molecule has 0 aromatic rings. The highest BCUT2D eigenvalue weighted by molar-refractivity contribution is 5.56. The Balaban J connectivity index is 2.34. The van der Waals surface area contributed by atoms with Crippen LogP contribution in [0.1, 0.15) is 59.8 Å². The third-order valence-corrected chi connectivity index (χ3v) is 5.71. The van der Waals surface area contributed by atoms with Gasteiger partial charge in [-0.25, -0.2) is 0 Å². The van der Waals surface area contributed by atoms with Crippen LogP contribution in [0, 0.1) is 28.6 Å². The number of carbonyl (C=O) groups is 1. The second-order valence-electron chi connectivity index (χ2n) is 7.12. The van der Waals surface area contributed by atoms with E-state index in [9.17, 15) is 4.79 Å². The minimum Gasteiger partial charge on any atom is -0.303 e. The molecule has 0 amide bonds. The summed E-state index contributed by atoms with van der Waals surface area (Å²) in [5.41, 5.74) is 0.718. The highest BCUT2D eigenvalue weighted by Gasteiger charge is 2.53. The summed E-state index contributed by atoms with van der Waals surface area (Å²) in [5.74, 6) is 1.64. The Bertz CT molecular complexity index is 281. The SMILES string of the molecule is C[C@@H]1CC[C@H]2C(C)(C)CCC[C@]2(C)[C@H]1C=O. The average Bonchev–Trinajstić information content (AvgIpc) is 2.15. The third-order valence-electron chi connectivity index (χ3n) is 5.71. The van der Waals surface area contributed by atoms with Gasteiger partial charge in [-0.1, -0.05) is 34.1 Å². The molecule has 4 atom stereocenters. The fraction of sp³-hybridized carbons (Fsp3) is 0.933. The summed E-state index contributed by atoms with van der Waals surface area (Å²) < 4.78 is 0. The van der Waals surface area contributed by atoms with Crippen molar-refractivity contribution in [3.8, 4) is 0 Å². The van der Waals surface area contributed by atoms with E-state index in [0.29, 0.717) is 17.3 Å². The van der Waals surface area contributed by atoms with Gasteiger partial charge < -0.3 is 4.79 Å². The van der Waals surface area contributed by atoms with Crippen LogP contribution in [0.3, 0.4) is 0 Å². The van der Waals surface area contributed by atoms with Gasteiger partial charge in [0.15, 0.2) is 0 Å². The topological polar surface area (TPSA) is 17.1 Å². The quantitative estimate of drug-likeness (QED) is 0.611. The highest BCUT2D eigenvalue weighted by Crippen LogP contribution is 2.60. The van der Waals surface area contributed by atoms with Gasteiger partial charge in [0, 0.05) is 5.92 Å². The maximum absolute atomic E-state index is 11.4. The summed E-state index contributed by atoms with van der Waals surface area (Å²) in [4.78, 5) is 11.4. The molecule has 2 aliphatic rings. The standard InChI is InChI=1S/C15H26O/c1-11-6-7-13-14(2,3)8-5-9-15(13,4)12(11)10-16/h10-13H,5-9H2,1-4H3/t11-,12+,13+,15-/m1/s1. The van der Waals surface area contributed by atoms with Crippen molar-refractivity contribution in [1.82, 2.24) is 0 Å². The summed E-state index contributed by atoms with van der Waals surface area (Å²) in [5, 5.41) is 0. The molecule has 0 saturated heterocycles. The summed E-state index contributed by atoms with van der Waals surface area (Å²) in [6.45, 7) is 9.47. The smallest absolute Gasteiger partial charge is 0.123 e. The Morgan fingerprint density at radius 2 is 1.81 bits per heavy atom.